The summed E-state index contributed by atoms with van der Waals surface area (Å²) < 4.78 is 13.8. The van der Waals surface area contributed by atoms with Gasteiger partial charge in [-0.2, -0.15) is 0 Å². The zero-order chi connectivity index (χ0) is 14.5. The van der Waals surface area contributed by atoms with Crippen LogP contribution in [0.25, 0.3) is 0 Å². The first-order chi connectivity index (χ1) is 9.61. The second kappa shape index (κ2) is 6.70. The molecule has 1 aromatic rings. The van der Waals surface area contributed by atoms with Crippen LogP contribution in [0.1, 0.15) is 36.5 Å². The first-order valence-electron chi connectivity index (χ1n) is 7.13. The lowest BCUT2D eigenvalue weighted by atomic mass is 10.1. The number of nitrogens with zero attached hydrogens (tertiary/aromatic N) is 1. The SMILES string of the molecule is CCCN(CC1CCCN1)C(=O)c1ccc(O)cc1F. The Morgan fingerprint density at radius 3 is 2.95 bits per heavy atom. The maximum Gasteiger partial charge on any atom is 0.256 e. The maximum atomic E-state index is 13.8. The summed E-state index contributed by atoms with van der Waals surface area (Å²) in [6.07, 6.45) is 3.00. The van der Waals surface area contributed by atoms with Crippen LogP contribution in [-0.4, -0.2) is 41.6 Å². The smallest absolute Gasteiger partial charge is 0.256 e. The quantitative estimate of drug-likeness (QED) is 0.869. The Labute approximate surface area is 118 Å². The fourth-order valence-corrected chi connectivity index (χ4v) is 2.57. The fourth-order valence-electron chi connectivity index (χ4n) is 2.57. The van der Waals surface area contributed by atoms with Gasteiger partial charge in [0.15, 0.2) is 0 Å². The molecule has 1 aliphatic rings. The molecule has 1 aliphatic heterocycles. The Morgan fingerprint density at radius 2 is 2.35 bits per heavy atom. The normalized spacial score (nSPS) is 18.2. The van der Waals surface area contributed by atoms with Crippen molar-refractivity contribution in [3.8, 4) is 5.75 Å². The van der Waals surface area contributed by atoms with Crippen LogP contribution >= 0.6 is 0 Å². The van der Waals surface area contributed by atoms with Gasteiger partial charge in [0.05, 0.1) is 5.56 Å². The van der Waals surface area contributed by atoms with Gasteiger partial charge in [-0.05, 0) is 37.9 Å². The highest BCUT2D eigenvalue weighted by atomic mass is 19.1. The Morgan fingerprint density at radius 1 is 1.55 bits per heavy atom. The minimum absolute atomic E-state index is 0.0225. The molecule has 4 nitrogen and oxygen atoms in total. The minimum atomic E-state index is -0.671. The third kappa shape index (κ3) is 3.48. The Bertz CT molecular complexity index is 473. The number of phenolic OH excluding ortho intramolecular Hbond substituents is 1. The van der Waals surface area contributed by atoms with E-state index in [0.29, 0.717) is 19.1 Å². The van der Waals surface area contributed by atoms with E-state index in [4.69, 9.17) is 0 Å². The van der Waals surface area contributed by atoms with Crippen molar-refractivity contribution in [3.63, 3.8) is 0 Å². The minimum Gasteiger partial charge on any atom is -0.508 e. The average molecular weight is 280 g/mol. The monoisotopic (exact) mass is 280 g/mol. The van der Waals surface area contributed by atoms with Crippen molar-refractivity contribution in [1.29, 1.82) is 0 Å². The summed E-state index contributed by atoms with van der Waals surface area (Å²) in [6, 6.07) is 3.96. The molecule has 1 atom stereocenters. The van der Waals surface area contributed by atoms with Crippen LogP contribution in [-0.2, 0) is 0 Å². The van der Waals surface area contributed by atoms with Crippen molar-refractivity contribution in [1.82, 2.24) is 10.2 Å². The van der Waals surface area contributed by atoms with E-state index in [9.17, 15) is 14.3 Å². The number of phenols is 1. The Balaban J connectivity index is 2.12. The summed E-state index contributed by atoms with van der Waals surface area (Å²) in [5.74, 6) is -1.15. The zero-order valence-corrected chi connectivity index (χ0v) is 11.7. The van der Waals surface area contributed by atoms with Gasteiger partial charge in [-0.3, -0.25) is 4.79 Å². The Hall–Kier alpha value is -1.62. The van der Waals surface area contributed by atoms with Crippen molar-refractivity contribution < 1.29 is 14.3 Å². The van der Waals surface area contributed by atoms with Crippen molar-refractivity contribution >= 4 is 5.91 Å². The van der Waals surface area contributed by atoms with Crippen LogP contribution < -0.4 is 5.32 Å². The topological polar surface area (TPSA) is 52.6 Å². The van der Waals surface area contributed by atoms with Crippen molar-refractivity contribution in [2.45, 2.75) is 32.2 Å². The maximum absolute atomic E-state index is 13.8. The van der Waals surface area contributed by atoms with Crippen molar-refractivity contribution in [3.05, 3.63) is 29.6 Å². The summed E-state index contributed by atoms with van der Waals surface area (Å²) in [6.45, 7) is 4.19. The van der Waals surface area contributed by atoms with Crippen LogP contribution in [0, 0.1) is 5.82 Å². The van der Waals surface area contributed by atoms with Gasteiger partial charge >= 0.3 is 0 Å². The highest BCUT2D eigenvalue weighted by Gasteiger charge is 2.23. The molecule has 1 fully saturated rings. The van der Waals surface area contributed by atoms with Gasteiger partial charge in [0, 0.05) is 25.2 Å². The van der Waals surface area contributed by atoms with Gasteiger partial charge in [-0.15, -0.1) is 0 Å². The van der Waals surface area contributed by atoms with E-state index >= 15 is 0 Å². The standard InChI is InChI=1S/C15H21FN2O2/c1-2-8-18(10-11-4-3-7-17-11)15(20)13-6-5-12(19)9-14(13)16/h5-6,9,11,17,19H,2-4,7-8,10H2,1H3. The predicted octanol–water partition coefficient (Wildman–Crippen LogP) is 2.14. The van der Waals surface area contributed by atoms with Crippen molar-refractivity contribution in [2.24, 2.45) is 0 Å². The molecule has 1 amide bonds. The van der Waals surface area contributed by atoms with Crippen LogP contribution in [0.2, 0.25) is 0 Å². The van der Waals surface area contributed by atoms with E-state index in [1.54, 1.807) is 4.90 Å². The number of carbonyl (C=O) groups is 1. The van der Waals surface area contributed by atoms with Crippen LogP contribution in [0.5, 0.6) is 5.75 Å². The molecule has 0 aliphatic carbocycles. The largest absolute Gasteiger partial charge is 0.508 e. The van der Waals surface area contributed by atoms with Gasteiger partial charge in [-0.25, -0.2) is 4.39 Å². The molecule has 1 aromatic carbocycles. The second-order valence-corrected chi connectivity index (χ2v) is 5.21. The van der Waals surface area contributed by atoms with Crippen LogP contribution in [0.15, 0.2) is 18.2 Å². The molecule has 0 spiro atoms. The lowest BCUT2D eigenvalue weighted by molar-refractivity contribution is 0.0737. The molecule has 5 heteroatoms. The number of aromatic hydroxyl groups is 1. The molecule has 0 bridgehead atoms. The number of benzene rings is 1. The predicted molar refractivity (Wildman–Crippen MR) is 75.3 cm³/mol. The van der Waals surface area contributed by atoms with Gasteiger partial charge < -0.3 is 15.3 Å². The molecule has 20 heavy (non-hydrogen) atoms. The number of hydrogen-bond acceptors (Lipinski definition) is 3. The van der Waals surface area contributed by atoms with Crippen LogP contribution in [0.4, 0.5) is 4.39 Å². The van der Waals surface area contributed by atoms with Crippen molar-refractivity contribution in [2.75, 3.05) is 19.6 Å². The molecule has 1 unspecified atom stereocenters. The van der Waals surface area contributed by atoms with E-state index in [2.05, 4.69) is 5.32 Å². The number of hydrogen-bond donors (Lipinski definition) is 2. The Kier molecular flexibility index (Phi) is 4.95. The molecular weight excluding hydrogens is 259 g/mol. The lowest BCUT2D eigenvalue weighted by Gasteiger charge is -2.25. The first kappa shape index (κ1) is 14.8. The molecule has 0 aromatic heterocycles. The summed E-state index contributed by atoms with van der Waals surface area (Å²) in [7, 11) is 0. The van der Waals surface area contributed by atoms with E-state index in [-0.39, 0.29) is 17.2 Å². The summed E-state index contributed by atoms with van der Waals surface area (Å²) >= 11 is 0. The third-order valence-corrected chi connectivity index (χ3v) is 3.57. The van der Waals surface area contributed by atoms with Gasteiger partial charge in [-0.1, -0.05) is 6.92 Å². The lowest BCUT2D eigenvalue weighted by Crippen LogP contribution is -2.41. The number of nitrogens with one attached hydrogen (secondary N) is 1. The van der Waals surface area contributed by atoms with E-state index in [0.717, 1.165) is 31.9 Å². The average Bonchev–Trinajstić information content (AvgIpc) is 2.90. The van der Waals surface area contributed by atoms with E-state index in [1.807, 2.05) is 6.92 Å². The molecule has 0 saturated carbocycles. The van der Waals surface area contributed by atoms with Gasteiger partial charge in [0.25, 0.3) is 5.91 Å². The van der Waals surface area contributed by atoms with Crippen LogP contribution in [0.3, 0.4) is 0 Å². The molecule has 1 heterocycles. The van der Waals surface area contributed by atoms with Gasteiger partial charge in [0.2, 0.25) is 0 Å². The van der Waals surface area contributed by atoms with Gasteiger partial charge in [0.1, 0.15) is 11.6 Å². The molecule has 2 rings (SSSR count). The molecular formula is C15H21FN2O2. The molecule has 1 saturated heterocycles. The second-order valence-electron chi connectivity index (χ2n) is 5.21. The number of rotatable bonds is 5. The summed E-state index contributed by atoms with van der Waals surface area (Å²) in [5.41, 5.74) is 0.0225. The number of carbonyl (C=O) groups excluding carboxylic acids is 1. The molecule has 110 valence electrons. The molecule has 2 N–H and O–H groups in total. The highest BCUT2D eigenvalue weighted by Crippen LogP contribution is 2.18. The zero-order valence-electron chi connectivity index (χ0n) is 11.7. The summed E-state index contributed by atoms with van der Waals surface area (Å²) in [4.78, 5) is 14.1. The number of amides is 1. The fraction of sp³-hybridized carbons (Fsp3) is 0.533. The summed E-state index contributed by atoms with van der Waals surface area (Å²) in [5, 5.41) is 12.6. The highest BCUT2D eigenvalue weighted by molar-refractivity contribution is 5.94. The first-order valence-corrected chi connectivity index (χ1v) is 7.13. The molecule has 0 radical (unpaired) electrons. The van der Waals surface area contributed by atoms with E-state index < -0.39 is 5.82 Å². The third-order valence-electron chi connectivity index (χ3n) is 3.57. The number of halogens is 1. The van der Waals surface area contributed by atoms with E-state index in [1.165, 1.54) is 12.1 Å².